The molecule has 0 saturated heterocycles. The first kappa shape index (κ1) is 16.0. The van der Waals surface area contributed by atoms with Crippen molar-refractivity contribution in [3.63, 3.8) is 0 Å². The van der Waals surface area contributed by atoms with Crippen LogP contribution >= 0.6 is 0 Å². The molecule has 0 N–H and O–H groups in total. The van der Waals surface area contributed by atoms with Gasteiger partial charge in [0.15, 0.2) is 0 Å². The summed E-state index contributed by atoms with van der Waals surface area (Å²) < 4.78 is 37.7. The van der Waals surface area contributed by atoms with E-state index in [0.29, 0.717) is 11.3 Å². The van der Waals surface area contributed by atoms with Gasteiger partial charge >= 0.3 is 0 Å². The van der Waals surface area contributed by atoms with Crippen LogP contribution in [0, 0.1) is 11.6 Å². The van der Waals surface area contributed by atoms with Crippen LogP contribution in [0.5, 0.6) is 11.5 Å². The van der Waals surface area contributed by atoms with E-state index in [1.54, 1.807) is 13.2 Å². The van der Waals surface area contributed by atoms with E-state index in [9.17, 15) is 8.78 Å². The van der Waals surface area contributed by atoms with Crippen LogP contribution in [0.3, 0.4) is 0 Å². The molecule has 24 heavy (non-hydrogen) atoms. The quantitative estimate of drug-likeness (QED) is 0.640. The summed E-state index contributed by atoms with van der Waals surface area (Å²) in [7, 11) is 1.60. The van der Waals surface area contributed by atoms with Gasteiger partial charge in [0.2, 0.25) is 0 Å². The Kier molecular flexibility index (Phi) is 4.75. The Balaban J connectivity index is 1.73. The zero-order chi connectivity index (χ0) is 16.9. The summed E-state index contributed by atoms with van der Waals surface area (Å²) in [6.07, 6.45) is 0. The minimum Gasteiger partial charge on any atom is -0.497 e. The Labute approximate surface area is 139 Å². The molecule has 4 heteroatoms. The van der Waals surface area contributed by atoms with E-state index in [-0.39, 0.29) is 18.2 Å². The van der Waals surface area contributed by atoms with Gasteiger partial charge in [0, 0.05) is 5.56 Å². The van der Waals surface area contributed by atoms with E-state index in [1.807, 2.05) is 30.3 Å². The van der Waals surface area contributed by atoms with Gasteiger partial charge in [0.05, 0.1) is 7.11 Å². The van der Waals surface area contributed by atoms with Gasteiger partial charge in [-0.3, -0.25) is 0 Å². The second-order valence-corrected chi connectivity index (χ2v) is 5.28. The molecule has 0 aliphatic rings. The zero-order valence-electron chi connectivity index (χ0n) is 13.1. The van der Waals surface area contributed by atoms with Gasteiger partial charge in [0.1, 0.15) is 29.7 Å². The molecular formula is C20H16F2O2. The second-order valence-electron chi connectivity index (χ2n) is 5.28. The normalized spacial score (nSPS) is 10.5. The molecule has 0 aromatic heterocycles. The average Bonchev–Trinajstić information content (AvgIpc) is 2.62. The summed E-state index contributed by atoms with van der Waals surface area (Å²) in [5.74, 6) is 0.571. The molecule has 0 fully saturated rings. The van der Waals surface area contributed by atoms with E-state index in [0.717, 1.165) is 16.9 Å². The summed E-state index contributed by atoms with van der Waals surface area (Å²) in [4.78, 5) is 0. The monoisotopic (exact) mass is 326 g/mol. The number of methoxy groups -OCH3 is 1. The molecule has 0 spiro atoms. The SMILES string of the molecule is COc1ccc(-c2ccc(COc3ccc(F)cc3)c(F)c2)cc1. The van der Waals surface area contributed by atoms with Crippen molar-refractivity contribution in [3.05, 3.63) is 83.9 Å². The van der Waals surface area contributed by atoms with Gasteiger partial charge in [0.25, 0.3) is 0 Å². The highest BCUT2D eigenvalue weighted by atomic mass is 19.1. The van der Waals surface area contributed by atoms with E-state index in [1.165, 1.54) is 30.3 Å². The first-order valence-corrected chi connectivity index (χ1v) is 7.47. The fourth-order valence-electron chi connectivity index (χ4n) is 2.32. The van der Waals surface area contributed by atoms with Crippen LogP contribution in [0.2, 0.25) is 0 Å². The number of ether oxygens (including phenoxy) is 2. The molecule has 2 nitrogen and oxygen atoms in total. The topological polar surface area (TPSA) is 18.5 Å². The molecule has 0 unspecified atom stereocenters. The Bertz CT molecular complexity index is 812. The lowest BCUT2D eigenvalue weighted by Crippen LogP contribution is -1.99. The Morgan fingerprint density at radius 1 is 0.750 bits per heavy atom. The third-order valence-corrected chi connectivity index (χ3v) is 3.68. The molecule has 0 amide bonds. The van der Waals surface area contributed by atoms with Crippen LogP contribution in [0.15, 0.2) is 66.7 Å². The first-order chi connectivity index (χ1) is 11.7. The predicted molar refractivity (Wildman–Crippen MR) is 89.1 cm³/mol. The number of halogens is 2. The van der Waals surface area contributed by atoms with E-state index < -0.39 is 0 Å². The average molecular weight is 326 g/mol. The third kappa shape index (κ3) is 3.71. The maximum atomic E-state index is 14.3. The number of hydrogen-bond acceptors (Lipinski definition) is 2. The van der Waals surface area contributed by atoms with Crippen molar-refractivity contribution in [1.29, 1.82) is 0 Å². The third-order valence-electron chi connectivity index (χ3n) is 3.68. The van der Waals surface area contributed by atoms with Gasteiger partial charge in [-0.1, -0.05) is 24.3 Å². The summed E-state index contributed by atoms with van der Waals surface area (Å²) in [6.45, 7) is 0.0837. The molecule has 0 bridgehead atoms. The molecule has 0 radical (unpaired) electrons. The van der Waals surface area contributed by atoms with Crippen molar-refractivity contribution in [3.8, 4) is 22.6 Å². The van der Waals surface area contributed by atoms with Crippen LogP contribution in [0.1, 0.15) is 5.56 Å². The molecule has 0 aliphatic carbocycles. The van der Waals surface area contributed by atoms with Crippen LogP contribution in [0.4, 0.5) is 8.78 Å². The fraction of sp³-hybridized carbons (Fsp3) is 0.100. The van der Waals surface area contributed by atoms with Crippen LogP contribution in [0.25, 0.3) is 11.1 Å². The first-order valence-electron chi connectivity index (χ1n) is 7.47. The number of hydrogen-bond donors (Lipinski definition) is 0. The largest absolute Gasteiger partial charge is 0.497 e. The summed E-state index contributed by atoms with van der Waals surface area (Å²) in [6, 6.07) is 18.1. The molecule has 3 aromatic rings. The van der Waals surface area contributed by atoms with E-state index in [4.69, 9.17) is 9.47 Å². The lowest BCUT2D eigenvalue weighted by Gasteiger charge is -2.09. The van der Waals surface area contributed by atoms with Gasteiger partial charge in [-0.05, 0) is 53.6 Å². The molecule has 0 heterocycles. The Morgan fingerprint density at radius 3 is 2.00 bits per heavy atom. The Hall–Kier alpha value is -2.88. The zero-order valence-corrected chi connectivity index (χ0v) is 13.1. The molecule has 3 rings (SSSR count). The minimum atomic E-state index is -0.342. The van der Waals surface area contributed by atoms with Crippen molar-refractivity contribution in [1.82, 2.24) is 0 Å². The van der Waals surface area contributed by atoms with Gasteiger partial charge in [-0.25, -0.2) is 8.78 Å². The minimum absolute atomic E-state index is 0.0837. The van der Waals surface area contributed by atoms with Crippen molar-refractivity contribution in [2.24, 2.45) is 0 Å². The van der Waals surface area contributed by atoms with Crippen molar-refractivity contribution < 1.29 is 18.3 Å². The second kappa shape index (κ2) is 7.13. The van der Waals surface area contributed by atoms with Gasteiger partial charge < -0.3 is 9.47 Å². The standard InChI is InChI=1S/C20H16F2O2/c1-23-18-8-4-14(5-9-18)15-2-3-16(20(22)12-15)13-24-19-10-6-17(21)7-11-19/h2-12H,13H2,1H3. The molecule has 0 atom stereocenters. The predicted octanol–water partition coefficient (Wildman–Crippen LogP) is 5.22. The molecule has 0 aliphatic heterocycles. The van der Waals surface area contributed by atoms with Crippen molar-refractivity contribution in [2.75, 3.05) is 7.11 Å². The maximum Gasteiger partial charge on any atom is 0.130 e. The lowest BCUT2D eigenvalue weighted by atomic mass is 10.0. The molecular weight excluding hydrogens is 310 g/mol. The highest BCUT2D eigenvalue weighted by molar-refractivity contribution is 5.64. The van der Waals surface area contributed by atoms with Crippen LogP contribution < -0.4 is 9.47 Å². The Morgan fingerprint density at radius 2 is 1.38 bits per heavy atom. The molecule has 122 valence electrons. The highest BCUT2D eigenvalue weighted by Gasteiger charge is 2.07. The van der Waals surface area contributed by atoms with Crippen LogP contribution in [-0.4, -0.2) is 7.11 Å². The van der Waals surface area contributed by atoms with Crippen molar-refractivity contribution in [2.45, 2.75) is 6.61 Å². The summed E-state index contributed by atoms with van der Waals surface area (Å²) in [5, 5.41) is 0. The number of rotatable bonds is 5. The van der Waals surface area contributed by atoms with Crippen molar-refractivity contribution >= 4 is 0 Å². The summed E-state index contributed by atoms with van der Waals surface area (Å²) in [5.41, 5.74) is 2.12. The van der Waals surface area contributed by atoms with E-state index >= 15 is 0 Å². The molecule has 0 saturated carbocycles. The highest BCUT2D eigenvalue weighted by Crippen LogP contribution is 2.25. The fourth-order valence-corrected chi connectivity index (χ4v) is 2.32. The summed E-state index contributed by atoms with van der Waals surface area (Å²) >= 11 is 0. The van der Waals surface area contributed by atoms with Gasteiger partial charge in [-0.15, -0.1) is 0 Å². The number of benzene rings is 3. The van der Waals surface area contributed by atoms with Crippen LogP contribution in [-0.2, 0) is 6.61 Å². The maximum absolute atomic E-state index is 14.3. The van der Waals surface area contributed by atoms with E-state index in [2.05, 4.69) is 0 Å². The van der Waals surface area contributed by atoms with Gasteiger partial charge in [-0.2, -0.15) is 0 Å². The lowest BCUT2D eigenvalue weighted by molar-refractivity contribution is 0.299. The molecule has 3 aromatic carbocycles. The smallest absolute Gasteiger partial charge is 0.130 e.